The fourth-order valence-electron chi connectivity index (χ4n) is 3.44. The SMILES string of the molecule is Cn1cc2c(N3CCSCC3)nc(C(=O)NC3CCCC3)nc2n1. The molecule has 24 heavy (non-hydrogen) atoms. The van der Waals surface area contributed by atoms with Crippen LogP contribution in [0.2, 0.25) is 0 Å². The highest BCUT2D eigenvalue weighted by molar-refractivity contribution is 7.99. The maximum absolute atomic E-state index is 12.6. The lowest BCUT2D eigenvalue weighted by molar-refractivity contribution is 0.0927. The molecule has 1 saturated carbocycles. The number of thioether (sulfide) groups is 1. The van der Waals surface area contributed by atoms with Gasteiger partial charge in [0.2, 0.25) is 5.82 Å². The van der Waals surface area contributed by atoms with E-state index in [1.165, 1.54) is 12.8 Å². The van der Waals surface area contributed by atoms with Gasteiger partial charge in [0.15, 0.2) is 5.65 Å². The van der Waals surface area contributed by atoms with Crippen molar-refractivity contribution < 1.29 is 4.79 Å². The molecule has 0 spiro atoms. The van der Waals surface area contributed by atoms with Gasteiger partial charge in [-0.05, 0) is 12.8 Å². The van der Waals surface area contributed by atoms with Gasteiger partial charge in [-0.1, -0.05) is 12.8 Å². The fraction of sp³-hybridized carbons (Fsp3) is 0.625. The maximum Gasteiger partial charge on any atom is 0.289 e. The summed E-state index contributed by atoms with van der Waals surface area (Å²) in [6.45, 7) is 1.88. The zero-order chi connectivity index (χ0) is 16.5. The second kappa shape index (κ2) is 6.58. The number of hydrogen-bond acceptors (Lipinski definition) is 6. The van der Waals surface area contributed by atoms with Crippen LogP contribution in [0.25, 0.3) is 11.0 Å². The second-order valence-electron chi connectivity index (χ2n) is 6.47. The minimum absolute atomic E-state index is 0.179. The third-order valence-corrected chi connectivity index (χ3v) is 5.62. The van der Waals surface area contributed by atoms with Gasteiger partial charge >= 0.3 is 0 Å². The molecule has 2 fully saturated rings. The van der Waals surface area contributed by atoms with Crippen LogP contribution in [-0.4, -0.2) is 56.3 Å². The van der Waals surface area contributed by atoms with E-state index in [4.69, 9.17) is 0 Å². The van der Waals surface area contributed by atoms with E-state index in [-0.39, 0.29) is 17.8 Å². The van der Waals surface area contributed by atoms with E-state index in [1.807, 2.05) is 25.0 Å². The number of aromatic nitrogens is 4. The van der Waals surface area contributed by atoms with Gasteiger partial charge in [-0.15, -0.1) is 0 Å². The van der Waals surface area contributed by atoms with E-state index in [1.54, 1.807) is 4.68 Å². The van der Waals surface area contributed by atoms with Crippen molar-refractivity contribution >= 4 is 34.5 Å². The molecule has 7 nitrogen and oxygen atoms in total. The van der Waals surface area contributed by atoms with E-state index in [0.717, 1.165) is 48.6 Å². The molecule has 3 heterocycles. The van der Waals surface area contributed by atoms with Gasteiger partial charge in [0.1, 0.15) is 5.82 Å². The van der Waals surface area contributed by atoms with Crippen LogP contribution < -0.4 is 10.2 Å². The summed E-state index contributed by atoms with van der Waals surface area (Å²) in [5.41, 5.74) is 0.595. The molecule has 1 N–H and O–H groups in total. The standard InChI is InChI=1S/C16H22N6OS/c1-21-10-12-13(20-21)18-14(16(23)17-11-4-2-3-5-11)19-15(12)22-6-8-24-9-7-22/h10-11H,2-9H2,1H3,(H,17,23). The van der Waals surface area contributed by atoms with Crippen LogP contribution in [0.1, 0.15) is 36.3 Å². The van der Waals surface area contributed by atoms with Gasteiger partial charge in [-0.25, -0.2) is 9.97 Å². The van der Waals surface area contributed by atoms with Crippen molar-refractivity contribution in [3.63, 3.8) is 0 Å². The molecule has 1 saturated heterocycles. The van der Waals surface area contributed by atoms with Crippen LogP contribution >= 0.6 is 11.8 Å². The smallest absolute Gasteiger partial charge is 0.289 e. The summed E-state index contributed by atoms with van der Waals surface area (Å²) < 4.78 is 1.74. The van der Waals surface area contributed by atoms with E-state index >= 15 is 0 Å². The third-order valence-electron chi connectivity index (χ3n) is 4.68. The second-order valence-corrected chi connectivity index (χ2v) is 7.69. The van der Waals surface area contributed by atoms with Crippen LogP contribution in [0.3, 0.4) is 0 Å². The number of anilines is 1. The molecule has 4 rings (SSSR count). The molecule has 0 unspecified atom stereocenters. The number of nitrogens with zero attached hydrogens (tertiary/aromatic N) is 5. The lowest BCUT2D eigenvalue weighted by Gasteiger charge is -2.27. The molecular weight excluding hydrogens is 324 g/mol. The van der Waals surface area contributed by atoms with Gasteiger partial charge < -0.3 is 10.2 Å². The van der Waals surface area contributed by atoms with Crippen molar-refractivity contribution in [2.45, 2.75) is 31.7 Å². The minimum atomic E-state index is -0.179. The Kier molecular flexibility index (Phi) is 4.30. The van der Waals surface area contributed by atoms with Crippen molar-refractivity contribution in [1.29, 1.82) is 0 Å². The molecule has 2 aromatic rings. The Morgan fingerprint density at radius 3 is 2.75 bits per heavy atom. The monoisotopic (exact) mass is 346 g/mol. The third kappa shape index (κ3) is 3.07. The van der Waals surface area contributed by atoms with E-state index < -0.39 is 0 Å². The summed E-state index contributed by atoms with van der Waals surface area (Å²) in [5.74, 6) is 3.05. The first-order valence-electron chi connectivity index (χ1n) is 8.55. The van der Waals surface area contributed by atoms with Crippen LogP contribution in [0, 0.1) is 0 Å². The Morgan fingerprint density at radius 2 is 2.00 bits per heavy atom. The Bertz CT molecular complexity index is 748. The Hall–Kier alpha value is -1.83. The first-order valence-corrected chi connectivity index (χ1v) is 9.71. The molecule has 1 aliphatic heterocycles. The summed E-state index contributed by atoms with van der Waals surface area (Å²) in [4.78, 5) is 23.9. The maximum atomic E-state index is 12.6. The molecule has 0 bridgehead atoms. The molecule has 0 aromatic carbocycles. The van der Waals surface area contributed by atoms with Crippen molar-refractivity contribution in [2.75, 3.05) is 29.5 Å². The topological polar surface area (TPSA) is 75.9 Å². The first-order chi connectivity index (χ1) is 11.7. The lowest BCUT2D eigenvalue weighted by Crippen LogP contribution is -2.36. The van der Waals surface area contributed by atoms with E-state index in [9.17, 15) is 4.79 Å². The van der Waals surface area contributed by atoms with Crippen molar-refractivity contribution in [3.05, 3.63) is 12.0 Å². The molecule has 0 radical (unpaired) electrons. The average Bonchev–Trinajstić information content (AvgIpc) is 3.23. The van der Waals surface area contributed by atoms with Crippen LogP contribution in [0.4, 0.5) is 5.82 Å². The van der Waals surface area contributed by atoms with Crippen LogP contribution in [-0.2, 0) is 7.05 Å². The fourth-order valence-corrected chi connectivity index (χ4v) is 4.34. The first kappa shape index (κ1) is 15.7. The molecule has 128 valence electrons. The molecule has 1 aliphatic carbocycles. The van der Waals surface area contributed by atoms with Crippen LogP contribution in [0.15, 0.2) is 6.20 Å². The number of amides is 1. The normalized spacial score (nSPS) is 19.1. The number of fused-ring (bicyclic) bond motifs is 1. The quantitative estimate of drug-likeness (QED) is 0.909. The van der Waals surface area contributed by atoms with Crippen molar-refractivity contribution in [3.8, 4) is 0 Å². The minimum Gasteiger partial charge on any atom is -0.354 e. The molecule has 8 heteroatoms. The molecule has 0 atom stereocenters. The summed E-state index contributed by atoms with van der Waals surface area (Å²) in [6.07, 6.45) is 6.40. The summed E-state index contributed by atoms with van der Waals surface area (Å²) in [5, 5.41) is 8.39. The highest BCUT2D eigenvalue weighted by Crippen LogP contribution is 2.26. The molecule has 1 amide bonds. The predicted octanol–water partition coefficient (Wildman–Crippen LogP) is 1.59. The van der Waals surface area contributed by atoms with Gasteiger partial charge in [0.25, 0.3) is 5.91 Å². The number of hydrogen-bond donors (Lipinski definition) is 1. The number of nitrogens with one attached hydrogen (secondary N) is 1. The van der Waals surface area contributed by atoms with Crippen molar-refractivity contribution in [2.24, 2.45) is 7.05 Å². The molecular formula is C16H22N6OS. The van der Waals surface area contributed by atoms with Crippen molar-refractivity contribution in [1.82, 2.24) is 25.1 Å². The van der Waals surface area contributed by atoms with Crippen LogP contribution in [0.5, 0.6) is 0 Å². The van der Waals surface area contributed by atoms with E-state index in [0.29, 0.717) is 5.65 Å². The highest BCUT2D eigenvalue weighted by atomic mass is 32.2. The average molecular weight is 346 g/mol. The van der Waals surface area contributed by atoms with Gasteiger partial charge in [-0.2, -0.15) is 16.9 Å². The highest BCUT2D eigenvalue weighted by Gasteiger charge is 2.24. The number of carbonyl (C=O) groups excluding carboxylic acids is 1. The summed E-state index contributed by atoms with van der Waals surface area (Å²) >= 11 is 1.95. The zero-order valence-electron chi connectivity index (χ0n) is 13.9. The Morgan fingerprint density at radius 1 is 1.25 bits per heavy atom. The van der Waals surface area contributed by atoms with E-state index in [2.05, 4.69) is 25.3 Å². The summed E-state index contributed by atoms with van der Waals surface area (Å²) in [6, 6.07) is 0.260. The number of aryl methyl sites for hydroxylation is 1. The molecule has 2 aromatic heterocycles. The molecule has 2 aliphatic rings. The lowest BCUT2D eigenvalue weighted by atomic mass is 10.2. The number of rotatable bonds is 3. The van der Waals surface area contributed by atoms with Gasteiger partial charge in [0.05, 0.1) is 5.39 Å². The van der Waals surface area contributed by atoms with Gasteiger partial charge in [-0.3, -0.25) is 9.48 Å². The Labute approximate surface area is 145 Å². The largest absolute Gasteiger partial charge is 0.354 e. The number of carbonyl (C=O) groups is 1. The zero-order valence-corrected chi connectivity index (χ0v) is 14.7. The summed E-state index contributed by atoms with van der Waals surface area (Å²) in [7, 11) is 1.87. The van der Waals surface area contributed by atoms with Gasteiger partial charge in [0, 0.05) is 43.9 Å². The Balaban J connectivity index is 1.68. The predicted molar refractivity (Wildman–Crippen MR) is 95.6 cm³/mol.